The van der Waals surface area contributed by atoms with E-state index in [-0.39, 0.29) is 19.3 Å². The minimum Gasteiger partial charge on any atom is -0.396 e. The molecule has 0 spiro atoms. The molecule has 0 saturated heterocycles. The summed E-state index contributed by atoms with van der Waals surface area (Å²) in [6.07, 6.45) is 2.92. The summed E-state index contributed by atoms with van der Waals surface area (Å²) in [5.41, 5.74) is 0. The van der Waals surface area contributed by atoms with Crippen molar-refractivity contribution in [1.82, 2.24) is 5.32 Å². The van der Waals surface area contributed by atoms with E-state index in [0.29, 0.717) is 6.42 Å². The van der Waals surface area contributed by atoms with E-state index in [4.69, 9.17) is 10.2 Å². The van der Waals surface area contributed by atoms with E-state index in [9.17, 15) is 0 Å². The van der Waals surface area contributed by atoms with Gasteiger partial charge in [0.15, 0.2) is 0 Å². The molecule has 0 rings (SSSR count). The maximum atomic E-state index is 8.78. The van der Waals surface area contributed by atoms with Crippen LogP contribution in [0.3, 0.4) is 0 Å². The van der Waals surface area contributed by atoms with Gasteiger partial charge in [-0.25, -0.2) is 0 Å². The molecular weight excluding hydrogens is 142 g/mol. The van der Waals surface area contributed by atoms with Gasteiger partial charge in [-0.3, -0.25) is 0 Å². The number of hydrogen-bond donors (Lipinski definition) is 3. The predicted molar refractivity (Wildman–Crippen MR) is 45.5 cm³/mol. The maximum absolute atomic E-state index is 8.78. The lowest BCUT2D eigenvalue weighted by atomic mass is 10.2. The normalized spacial score (nSPS) is 13.4. The van der Waals surface area contributed by atoms with Crippen LogP contribution in [0, 0.1) is 0 Å². The number of aliphatic hydroxyl groups excluding tert-OH is 2. The third-order valence-electron chi connectivity index (χ3n) is 1.66. The molecular formula is C8H19NO2. The zero-order valence-corrected chi connectivity index (χ0v) is 7.21. The molecule has 0 aromatic heterocycles. The second-order valence-electron chi connectivity index (χ2n) is 2.70. The Hall–Kier alpha value is -0.120. The molecule has 0 radical (unpaired) electrons. The largest absolute Gasteiger partial charge is 0.396 e. The van der Waals surface area contributed by atoms with Crippen molar-refractivity contribution < 1.29 is 10.2 Å². The monoisotopic (exact) mass is 161 g/mol. The molecule has 1 unspecified atom stereocenters. The lowest BCUT2D eigenvalue weighted by molar-refractivity contribution is 0.200. The summed E-state index contributed by atoms with van der Waals surface area (Å²) in [7, 11) is 0. The SMILES string of the molecule is CCCCNC(CO)CCO. The zero-order chi connectivity index (χ0) is 8.53. The molecule has 3 nitrogen and oxygen atoms in total. The van der Waals surface area contributed by atoms with Crippen LogP contribution in [-0.4, -0.2) is 36.0 Å². The topological polar surface area (TPSA) is 52.5 Å². The number of nitrogens with one attached hydrogen (secondary N) is 1. The number of hydrogen-bond acceptors (Lipinski definition) is 3. The van der Waals surface area contributed by atoms with Crippen molar-refractivity contribution >= 4 is 0 Å². The molecule has 0 aromatic rings. The highest BCUT2D eigenvalue weighted by Crippen LogP contribution is 1.90. The number of aliphatic hydroxyl groups is 2. The molecule has 1 atom stereocenters. The van der Waals surface area contributed by atoms with Gasteiger partial charge in [0.25, 0.3) is 0 Å². The number of rotatable bonds is 7. The van der Waals surface area contributed by atoms with Crippen LogP contribution in [0.4, 0.5) is 0 Å². The Morgan fingerprint density at radius 2 is 2.09 bits per heavy atom. The Bertz CT molecular complexity index is 78.5. The van der Waals surface area contributed by atoms with Crippen molar-refractivity contribution in [3.8, 4) is 0 Å². The summed E-state index contributed by atoms with van der Waals surface area (Å²) in [5.74, 6) is 0. The van der Waals surface area contributed by atoms with Gasteiger partial charge in [-0.15, -0.1) is 0 Å². The highest BCUT2D eigenvalue weighted by atomic mass is 16.3. The van der Waals surface area contributed by atoms with E-state index in [1.54, 1.807) is 0 Å². The average Bonchev–Trinajstić information content (AvgIpc) is 2.03. The van der Waals surface area contributed by atoms with Crippen LogP contribution in [0.2, 0.25) is 0 Å². The fraction of sp³-hybridized carbons (Fsp3) is 1.00. The first-order chi connectivity index (χ1) is 5.35. The Kier molecular flexibility index (Phi) is 7.89. The molecule has 0 fully saturated rings. The highest BCUT2D eigenvalue weighted by molar-refractivity contribution is 4.63. The molecule has 68 valence electrons. The minimum absolute atomic E-state index is 0.0755. The second kappa shape index (κ2) is 7.98. The smallest absolute Gasteiger partial charge is 0.0585 e. The quantitative estimate of drug-likeness (QED) is 0.465. The van der Waals surface area contributed by atoms with Crippen LogP contribution >= 0.6 is 0 Å². The predicted octanol–water partition coefficient (Wildman–Crippen LogP) is 0.119. The average molecular weight is 161 g/mol. The Morgan fingerprint density at radius 1 is 1.36 bits per heavy atom. The lowest BCUT2D eigenvalue weighted by Crippen LogP contribution is -2.33. The lowest BCUT2D eigenvalue weighted by Gasteiger charge is -2.13. The molecule has 0 saturated carbocycles. The molecule has 0 aromatic carbocycles. The fourth-order valence-electron chi connectivity index (χ4n) is 0.897. The number of unbranched alkanes of at least 4 members (excludes halogenated alkanes) is 1. The Labute approximate surface area is 68.4 Å². The van der Waals surface area contributed by atoms with Gasteiger partial charge in [-0.1, -0.05) is 13.3 Å². The van der Waals surface area contributed by atoms with Crippen LogP contribution in [0.15, 0.2) is 0 Å². The molecule has 0 aliphatic heterocycles. The van der Waals surface area contributed by atoms with Gasteiger partial charge in [0, 0.05) is 12.6 Å². The summed E-state index contributed by atoms with van der Waals surface area (Å²) in [4.78, 5) is 0. The van der Waals surface area contributed by atoms with Gasteiger partial charge in [-0.2, -0.15) is 0 Å². The molecule has 0 aliphatic rings. The molecule has 11 heavy (non-hydrogen) atoms. The van der Waals surface area contributed by atoms with Crippen molar-refractivity contribution in [1.29, 1.82) is 0 Å². The van der Waals surface area contributed by atoms with Crippen LogP contribution in [0.5, 0.6) is 0 Å². The van der Waals surface area contributed by atoms with Crippen molar-refractivity contribution in [2.75, 3.05) is 19.8 Å². The first-order valence-corrected chi connectivity index (χ1v) is 4.30. The molecule has 0 amide bonds. The summed E-state index contributed by atoms with van der Waals surface area (Å²) in [6, 6.07) is 0.0755. The third-order valence-corrected chi connectivity index (χ3v) is 1.66. The molecule has 0 aliphatic carbocycles. The standard InChI is InChI=1S/C8H19NO2/c1-2-3-5-9-8(7-11)4-6-10/h8-11H,2-7H2,1H3. The van der Waals surface area contributed by atoms with Gasteiger partial charge < -0.3 is 15.5 Å². The molecule has 3 N–H and O–H groups in total. The van der Waals surface area contributed by atoms with Crippen LogP contribution < -0.4 is 5.32 Å². The van der Waals surface area contributed by atoms with Gasteiger partial charge in [-0.05, 0) is 19.4 Å². The van der Waals surface area contributed by atoms with Crippen molar-refractivity contribution in [3.05, 3.63) is 0 Å². The maximum Gasteiger partial charge on any atom is 0.0585 e. The van der Waals surface area contributed by atoms with E-state index >= 15 is 0 Å². The van der Waals surface area contributed by atoms with Gasteiger partial charge in [0.1, 0.15) is 0 Å². The van der Waals surface area contributed by atoms with E-state index in [1.165, 1.54) is 0 Å². The molecule has 3 heteroatoms. The van der Waals surface area contributed by atoms with Crippen molar-refractivity contribution in [3.63, 3.8) is 0 Å². The fourth-order valence-corrected chi connectivity index (χ4v) is 0.897. The van der Waals surface area contributed by atoms with Crippen LogP contribution in [-0.2, 0) is 0 Å². The highest BCUT2D eigenvalue weighted by Gasteiger charge is 2.03. The Balaban J connectivity index is 3.20. The summed E-state index contributed by atoms with van der Waals surface area (Å²) in [6.45, 7) is 3.32. The van der Waals surface area contributed by atoms with Gasteiger partial charge in [0.05, 0.1) is 6.61 Å². The Morgan fingerprint density at radius 3 is 2.55 bits per heavy atom. The van der Waals surface area contributed by atoms with Gasteiger partial charge >= 0.3 is 0 Å². The van der Waals surface area contributed by atoms with Crippen molar-refractivity contribution in [2.45, 2.75) is 32.2 Å². The van der Waals surface area contributed by atoms with Gasteiger partial charge in [0.2, 0.25) is 0 Å². The molecule has 0 bridgehead atoms. The van der Waals surface area contributed by atoms with E-state index < -0.39 is 0 Å². The third kappa shape index (κ3) is 6.28. The summed E-state index contributed by atoms with van der Waals surface area (Å²) >= 11 is 0. The summed E-state index contributed by atoms with van der Waals surface area (Å²) < 4.78 is 0. The first kappa shape index (κ1) is 10.9. The summed E-state index contributed by atoms with van der Waals surface area (Å²) in [5, 5.41) is 20.5. The van der Waals surface area contributed by atoms with Crippen LogP contribution in [0.25, 0.3) is 0 Å². The first-order valence-electron chi connectivity index (χ1n) is 4.30. The zero-order valence-electron chi connectivity index (χ0n) is 7.21. The minimum atomic E-state index is 0.0755. The van der Waals surface area contributed by atoms with Crippen LogP contribution in [0.1, 0.15) is 26.2 Å². The second-order valence-corrected chi connectivity index (χ2v) is 2.70. The van der Waals surface area contributed by atoms with E-state index in [0.717, 1.165) is 19.4 Å². The van der Waals surface area contributed by atoms with Crippen molar-refractivity contribution in [2.24, 2.45) is 0 Å². The van der Waals surface area contributed by atoms with E-state index in [1.807, 2.05) is 0 Å². The molecule has 0 heterocycles. The van der Waals surface area contributed by atoms with E-state index in [2.05, 4.69) is 12.2 Å².